The Morgan fingerprint density at radius 3 is 2.60 bits per heavy atom. The van der Waals surface area contributed by atoms with Crippen LogP contribution < -0.4 is 11.1 Å². The molecular formula is C19H24IN5. The molecule has 2 aromatic carbocycles. The van der Waals surface area contributed by atoms with Crippen molar-refractivity contribution in [2.45, 2.75) is 26.8 Å². The van der Waals surface area contributed by atoms with Crippen molar-refractivity contribution in [3.05, 3.63) is 59.9 Å². The molecule has 1 heterocycles. The van der Waals surface area contributed by atoms with Crippen LogP contribution in [0, 0.1) is 13.8 Å². The number of nitrogens with two attached hydrogens (primary N) is 1. The van der Waals surface area contributed by atoms with E-state index in [2.05, 4.69) is 32.9 Å². The van der Waals surface area contributed by atoms with Crippen LogP contribution >= 0.6 is 24.0 Å². The number of anilines is 1. The summed E-state index contributed by atoms with van der Waals surface area (Å²) < 4.78 is 2.23. The number of para-hydroxylation sites is 2. The fraction of sp³-hybridized carbons (Fsp3) is 0.263. The molecule has 1 aromatic heterocycles. The molecule has 0 radical (unpaired) electrons. The number of benzene rings is 2. The minimum Gasteiger partial charge on any atom is -0.370 e. The van der Waals surface area contributed by atoms with Gasteiger partial charge in [-0.25, -0.2) is 4.98 Å². The molecule has 3 rings (SSSR count). The molecule has 0 atom stereocenters. The van der Waals surface area contributed by atoms with Gasteiger partial charge in [-0.1, -0.05) is 29.8 Å². The number of nitrogens with one attached hydrogen (secondary N) is 1. The fourth-order valence-corrected chi connectivity index (χ4v) is 2.73. The molecule has 25 heavy (non-hydrogen) atoms. The molecule has 3 N–H and O–H groups in total. The Bertz CT molecular complexity index is 852. The number of guanidine groups is 1. The van der Waals surface area contributed by atoms with Crippen molar-refractivity contribution < 1.29 is 0 Å². The largest absolute Gasteiger partial charge is 0.370 e. The number of hydrogen-bond acceptors (Lipinski definition) is 2. The van der Waals surface area contributed by atoms with Gasteiger partial charge in [-0.2, -0.15) is 0 Å². The lowest BCUT2D eigenvalue weighted by molar-refractivity contribution is 0.649. The predicted octanol–water partition coefficient (Wildman–Crippen LogP) is 4.09. The molecule has 0 spiro atoms. The fourth-order valence-electron chi connectivity index (χ4n) is 2.73. The zero-order valence-corrected chi connectivity index (χ0v) is 16.9. The van der Waals surface area contributed by atoms with Crippen molar-refractivity contribution >= 4 is 46.7 Å². The molecule has 0 bridgehead atoms. The van der Waals surface area contributed by atoms with Crippen molar-refractivity contribution in [1.29, 1.82) is 0 Å². The van der Waals surface area contributed by atoms with E-state index in [-0.39, 0.29) is 24.0 Å². The average Bonchev–Trinajstić information content (AvgIpc) is 2.89. The van der Waals surface area contributed by atoms with Gasteiger partial charge in [0, 0.05) is 18.8 Å². The van der Waals surface area contributed by atoms with Crippen molar-refractivity contribution in [3.63, 3.8) is 0 Å². The summed E-state index contributed by atoms with van der Waals surface area (Å²) in [6, 6.07) is 16.3. The summed E-state index contributed by atoms with van der Waals surface area (Å²) >= 11 is 0. The molecule has 3 aromatic rings. The molecule has 132 valence electrons. The molecule has 5 nitrogen and oxygen atoms in total. The monoisotopic (exact) mass is 449 g/mol. The van der Waals surface area contributed by atoms with Crippen LogP contribution in [0.5, 0.6) is 0 Å². The molecular weight excluding hydrogens is 425 g/mol. The maximum absolute atomic E-state index is 5.94. The van der Waals surface area contributed by atoms with Gasteiger partial charge in [-0.05, 0) is 44.5 Å². The van der Waals surface area contributed by atoms with Gasteiger partial charge in [0.1, 0.15) is 5.82 Å². The van der Waals surface area contributed by atoms with Crippen LogP contribution in [0.25, 0.3) is 11.0 Å². The topological polar surface area (TPSA) is 68.2 Å². The highest BCUT2D eigenvalue weighted by Crippen LogP contribution is 2.15. The van der Waals surface area contributed by atoms with Crippen molar-refractivity contribution in [3.8, 4) is 0 Å². The second-order valence-corrected chi connectivity index (χ2v) is 5.91. The number of imidazole rings is 1. The summed E-state index contributed by atoms with van der Waals surface area (Å²) in [5.41, 5.74) is 10.3. The molecule has 6 heteroatoms. The number of hydrogen-bond donors (Lipinski definition) is 2. The van der Waals surface area contributed by atoms with Crippen molar-refractivity contribution in [2.24, 2.45) is 10.7 Å². The number of aryl methyl sites for hydroxylation is 3. The quantitative estimate of drug-likeness (QED) is 0.267. The standard InChI is InChI=1S/C19H23N5.HI/c1-14-8-10-16(11-9-14)23-19(20)21-12-5-13-24-15(2)22-17-6-3-4-7-18(17)24;/h3-4,6-11H,5,12-13H2,1-2H3,(H3,20,21,23);1H. The Kier molecular flexibility index (Phi) is 6.81. The van der Waals surface area contributed by atoms with Crippen molar-refractivity contribution in [1.82, 2.24) is 9.55 Å². The molecule has 0 aliphatic carbocycles. The van der Waals surface area contributed by atoms with Gasteiger partial charge in [-0.3, -0.25) is 4.99 Å². The molecule has 0 fully saturated rings. The van der Waals surface area contributed by atoms with Gasteiger partial charge in [0.15, 0.2) is 5.96 Å². The van der Waals surface area contributed by atoms with Crippen LogP contribution in [0.3, 0.4) is 0 Å². The number of aromatic nitrogens is 2. The highest BCUT2D eigenvalue weighted by molar-refractivity contribution is 14.0. The first-order valence-corrected chi connectivity index (χ1v) is 8.19. The highest BCUT2D eigenvalue weighted by atomic mass is 127. The van der Waals surface area contributed by atoms with Crippen LogP contribution in [0.2, 0.25) is 0 Å². The molecule has 0 aliphatic heterocycles. The van der Waals surface area contributed by atoms with Crippen LogP contribution in [0.1, 0.15) is 17.8 Å². The summed E-state index contributed by atoms with van der Waals surface area (Å²) in [6.07, 6.45) is 0.914. The Hall–Kier alpha value is -2.09. The average molecular weight is 449 g/mol. The first-order valence-electron chi connectivity index (χ1n) is 8.19. The third-order valence-electron chi connectivity index (χ3n) is 3.99. The number of halogens is 1. The van der Waals surface area contributed by atoms with E-state index in [9.17, 15) is 0 Å². The van der Waals surface area contributed by atoms with Crippen molar-refractivity contribution in [2.75, 3.05) is 11.9 Å². The van der Waals surface area contributed by atoms with Crippen LogP contribution in [0.4, 0.5) is 5.69 Å². The summed E-state index contributed by atoms with van der Waals surface area (Å²) in [7, 11) is 0. The van der Waals surface area contributed by atoms with Crippen LogP contribution in [-0.2, 0) is 6.54 Å². The van der Waals surface area contributed by atoms with Crippen LogP contribution in [-0.4, -0.2) is 22.1 Å². The number of rotatable bonds is 5. The molecule has 0 aliphatic rings. The summed E-state index contributed by atoms with van der Waals surface area (Å²) in [5, 5.41) is 3.11. The molecule has 0 unspecified atom stereocenters. The summed E-state index contributed by atoms with van der Waals surface area (Å²) in [4.78, 5) is 8.98. The third-order valence-corrected chi connectivity index (χ3v) is 3.99. The second kappa shape index (κ2) is 8.84. The highest BCUT2D eigenvalue weighted by Gasteiger charge is 2.05. The van der Waals surface area contributed by atoms with Gasteiger partial charge in [0.2, 0.25) is 0 Å². The van der Waals surface area contributed by atoms with E-state index >= 15 is 0 Å². The van der Waals surface area contributed by atoms with Crippen LogP contribution in [0.15, 0.2) is 53.5 Å². The zero-order valence-electron chi connectivity index (χ0n) is 14.6. The first-order chi connectivity index (χ1) is 11.6. The number of fused-ring (bicyclic) bond motifs is 1. The van der Waals surface area contributed by atoms with E-state index in [1.54, 1.807) is 0 Å². The van der Waals surface area contributed by atoms with E-state index in [1.165, 1.54) is 11.1 Å². The Morgan fingerprint density at radius 2 is 1.84 bits per heavy atom. The summed E-state index contributed by atoms with van der Waals surface area (Å²) in [5.74, 6) is 1.48. The lowest BCUT2D eigenvalue weighted by atomic mass is 10.2. The molecule has 0 saturated carbocycles. The Morgan fingerprint density at radius 1 is 1.12 bits per heavy atom. The summed E-state index contributed by atoms with van der Waals surface area (Å²) in [6.45, 7) is 5.66. The van der Waals surface area contributed by atoms with E-state index in [1.807, 2.05) is 49.4 Å². The lowest BCUT2D eigenvalue weighted by Gasteiger charge is -2.07. The van der Waals surface area contributed by atoms with Gasteiger partial charge in [0.25, 0.3) is 0 Å². The molecule has 0 amide bonds. The predicted molar refractivity (Wildman–Crippen MR) is 116 cm³/mol. The van der Waals surface area contributed by atoms with Gasteiger partial charge in [-0.15, -0.1) is 24.0 Å². The third kappa shape index (κ3) is 4.94. The number of aliphatic imine (C=N–C) groups is 1. The maximum Gasteiger partial charge on any atom is 0.193 e. The normalized spacial score (nSPS) is 11.4. The van der Waals surface area contributed by atoms with Gasteiger partial charge >= 0.3 is 0 Å². The Labute approximate surface area is 165 Å². The van der Waals surface area contributed by atoms with Gasteiger partial charge in [0.05, 0.1) is 11.0 Å². The first kappa shape index (κ1) is 19.2. The second-order valence-electron chi connectivity index (χ2n) is 5.91. The molecule has 0 saturated heterocycles. The minimum absolute atomic E-state index is 0. The zero-order chi connectivity index (χ0) is 16.9. The van der Waals surface area contributed by atoms with E-state index in [0.717, 1.165) is 30.0 Å². The Balaban J connectivity index is 0.00000225. The maximum atomic E-state index is 5.94. The van der Waals surface area contributed by atoms with E-state index < -0.39 is 0 Å². The minimum atomic E-state index is 0. The van der Waals surface area contributed by atoms with E-state index in [0.29, 0.717) is 12.5 Å². The number of nitrogens with zero attached hydrogens (tertiary/aromatic N) is 3. The van der Waals surface area contributed by atoms with Gasteiger partial charge < -0.3 is 15.6 Å². The lowest BCUT2D eigenvalue weighted by Crippen LogP contribution is -2.23. The smallest absolute Gasteiger partial charge is 0.193 e. The van der Waals surface area contributed by atoms with E-state index in [4.69, 9.17) is 5.73 Å². The SMILES string of the molecule is Cc1ccc(NC(N)=NCCCn2c(C)nc3ccccc32)cc1.I.